The van der Waals surface area contributed by atoms with Gasteiger partial charge in [-0.3, -0.25) is 0 Å². The second-order valence-corrected chi connectivity index (χ2v) is 5.89. The van der Waals surface area contributed by atoms with E-state index in [1.807, 2.05) is 6.20 Å². The fourth-order valence-corrected chi connectivity index (χ4v) is 3.14. The molecule has 3 rings (SSSR count). The van der Waals surface area contributed by atoms with E-state index in [0.717, 1.165) is 11.6 Å². The summed E-state index contributed by atoms with van der Waals surface area (Å²) >= 11 is 0. The maximum Gasteiger partial charge on any atom is 0.207 e. The Kier molecular flexibility index (Phi) is 3.77. The standard InChI is InChI=1S/C17H23N3/c1-13-8-9-16(14(2)12-13)19-17-18-10-11-20(17)15-6-4-3-5-7-15/h8-12,15H,3-7H2,1-2H3,(H,18,19). The molecule has 2 aromatic rings. The number of hydrogen-bond donors (Lipinski definition) is 1. The van der Waals surface area contributed by atoms with E-state index in [9.17, 15) is 0 Å². The second kappa shape index (κ2) is 5.70. The van der Waals surface area contributed by atoms with E-state index in [1.54, 1.807) is 0 Å². The van der Waals surface area contributed by atoms with Crippen molar-refractivity contribution < 1.29 is 0 Å². The lowest BCUT2D eigenvalue weighted by Gasteiger charge is -2.25. The Morgan fingerprint density at radius 1 is 1.15 bits per heavy atom. The zero-order valence-corrected chi connectivity index (χ0v) is 12.4. The van der Waals surface area contributed by atoms with Gasteiger partial charge < -0.3 is 9.88 Å². The van der Waals surface area contributed by atoms with Crippen molar-refractivity contribution >= 4 is 11.6 Å². The van der Waals surface area contributed by atoms with Crippen molar-refractivity contribution in [2.75, 3.05) is 5.32 Å². The quantitative estimate of drug-likeness (QED) is 0.871. The smallest absolute Gasteiger partial charge is 0.207 e. The van der Waals surface area contributed by atoms with Crippen LogP contribution in [-0.2, 0) is 0 Å². The lowest BCUT2D eigenvalue weighted by molar-refractivity contribution is 0.356. The molecule has 1 heterocycles. The van der Waals surface area contributed by atoms with Crippen LogP contribution in [-0.4, -0.2) is 9.55 Å². The van der Waals surface area contributed by atoms with Crippen LogP contribution >= 0.6 is 0 Å². The molecule has 0 unspecified atom stereocenters. The van der Waals surface area contributed by atoms with Gasteiger partial charge in [0, 0.05) is 24.1 Å². The van der Waals surface area contributed by atoms with Gasteiger partial charge in [0.05, 0.1) is 0 Å². The zero-order valence-electron chi connectivity index (χ0n) is 12.4. The molecule has 1 aromatic carbocycles. The van der Waals surface area contributed by atoms with Gasteiger partial charge in [-0.05, 0) is 38.3 Å². The molecule has 20 heavy (non-hydrogen) atoms. The molecule has 1 aliphatic rings. The Morgan fingerprint density at radius 2 is 1.95 bits per heavy atom. The third-order valence-corrected chi connectivity index (χ3v) is 4.27. The maximum atomic E-state index is 4.50. The van der Waals surface area contributed by atoms with Crippen LogP contribution in [0.1, 0.15) is 49.3 Å². The van der Waals surface area contributed by atoms with E-state index < -0.39 is 0 Å². The Bertz CT molecular complexity index is 580. The van der Waals surface area contributed by atoms with Crippen LogP contribution in [0.15, 0.2) is 30.6 Å². The lowest BCUT2D eigenvalue weighted by atomic mass is 9.95. The van der Waals surface area contributed by atoms with Crippen molar-refractivity contribution in [1.82, 2.24) is 9.55 Å². The maximum absolute atomic E-state index is 4.50. The lowest BCUT2D eigenvalue weighted by Crippen LogP contribution is -2.14. The fourth-order valence-electron chi connectivity index (χ4n) is 3.14. The molecule has 0 radical (unpaired) electrons. The minimum absolute atomic E-state index is 0.611. The molecule has 3 nitrogen and oxygen atoms in total. The number of anilines is 2. The van der Waals surface area contributed by atoms with Crippen molar-refractivity contribution in [2.45, 2.75) is 52.0 Å². The predicted molar refractivity (Wildman–Crippen MR) is 83.5 cm³/mol. The molecule has 3 heteroatoms. The van der Waals surface area contributed by atoms with Crippen molar-refractivity contribution in [3.63, 3.8) is 0 Å². The number of aromatic nitrogens is 2. The van der Waals surface area contributed by atoms with Crippen LogP contribution in [0.2, 0.25) is 0 Å². The average molecular weight is 269 g/mol. The summed E-state index contributed by atoms with van der Waals surface area (Å²) in [5, 5.41) is 3.50. The molecule has 0 amide bonds. The van der Waals surface area contributed by atoms with E-state index >= 15 is 0 Å². The van der Waals surface area contributed by atoms with Gasteiger partial charge in [-0.25, -0.2) is 4.98 Å². The number of imidazole rings is 1. The summed E-state index contributed by atoms with van der Waals surface area (Å²) in [5.74, 6) is 0.976. The van der Waals surface area contributed by atoms with Gasteiger partial charge in [-0.2, -0.15) is 0 Å². The summed E-state index contributed by atoms with van der Waals surface area (Å²) in [5.41, 5.74) is 3.71. The highest BCUT2D eigenvalue weighted by Crippen LogP contribution is 2.31. The van der Waals surface area contributed by atoms with Gasteiger partial charge in [0.25, 0.3) is 0 Å². The Hall–Kier alpha value is -1.77. The average Bonchev–Trinajstić information content (AvgIpc) is 2.91. The van der Waals surface area contributed by atoms with Gasteiger partial charge in [0.2, 0.25) is 5.95 Å². The fraction of sp³-hybridized carbons (Fsp3) is 0.471. The molecular weight excluding hydrogens is 246 g/mol. The molecule has 1 saturated carbocycles. The molecule has 0 saturated heterocycles. The number of rotatable bonds is 3. The van der Waals surface area contributed by atoms with E-state index in [0.29, 0.717) is 6.04 Å². The van der Waals surface area contributed by atoms with Crippen molar-refractivity contribution in [1.29, 1.82) is 0 Å². The van der Waals surface area contributed by atoms with Gasteiger partial charge >= 0.3 is 0 Å². The van der Waals surface area contributed by atoms with Crippen LogP contribution in [0.3, 0.4) is 0 Å². The van der Waals surface area contributed by atoms with Crippen molar-refractivity contribution in [3.05, 3.63) is 41.7 Å². The molecule has 106 valence electrons. The molecule has 0 spiro atoms. The summed E-state index contributed by atoms with van der Waals surface area (Å²) in [6.45, 7) is 4.27. The minimum Gasteiger partial charge on any atom is -0.325 e. The monoisotopic (exact) mass is 269 g/mol. The van der Waals surface area contributed by atoms with Crippen LogP contribution in [0.4, 0.5) is 11.6 Å². The predicted octanol–water partition coefficient (Wildman–Crippen LogP) is 4.75. The van der Waals surface area contributed by atoms with Crippen molar-refractivity contribution in [3.8, 4) is 0 Å². The van der Waals surface area contributed by atoms with E-state index in [2.05, 4.69) is 53.1 Å². The second-order valence-electron chi connectivity index (χ2n) is 5.89. The summed E-state index contributed by atoms with van der Waals surface area (Å²) in [6.07, 6.45) is 10.6. The highest BCUT2D eigenvalue weighted by Gasteiger charge is 2.17. The van der Waals surface area contributed by atoms with Gasteiger partial charge in [-0.15, -0.1) is 0 Å². The SMILES string of the molecule is Cc1ccc(Nc2nccn2C2CCCCC2)c(C)c1. The largest absolute Gasteiger partial charge is 0.325 e. The third kappa shape index (κ3) is 2.72. The number of aryl methyl sites for hydroxylation is 2. The Labute approximate surface area is 121 Å². The normalized spacial score (nSPS) is 16.3. The molecule has 1 aliphatic carbocycles. The molecule has 0 atom stereocenters. The third-order valence-electron chi connectivity index (χ3n) is 4.27. The highest BCUT2D eigenvalue weighted by atomic mass is 15.2. The molecular formula is C17H23N3. The molecule has 1 aromatic heterocycles. The Morgan fingerprint density at radius 3 is 2.70 bits per heavy atom. The van der Waals surface area contributed by atoms with E-state index in [4.69, 9.17) is 0 Å². The van der Waals surface area contributed by atoms with Crippen LogP contribution in [0, 0.1) is 13.8 Å². The van der Waals surface area contributed by atoms with Gasteiger partial charge in [0.1, 0.15) is 0 Å². The van der Waals surface area contributed by atoms with E-state index in [1.165, 1.54) is 43.2 Å². The summed E-state index contributed by atoms with van der Waals surface area (Å²) in [6, 6.07) is 7.10. The molecule has 1 N–H and O–H groups in total. The summed E-state index contributed by atoms with van der Waals surface area (Å²) in [4.78, 5) is 4.50. The highest BCUT2D eigenvalue weighted by molar-refractivity contribution is 5.59. The number of hydrogen-bond acceptors (Lipinski definition) is 2. The summed E-state index contributed by atoms with van der Waals surface area (Å²) in [7, 11) is 0. The van der Waals surface area contributed by atoms with Crippen LogP contribution in [0.5, 0.6) is 0 Å². The first kappa shape index (κ1) is 13.2. The topological polar surface area (TPSA) is 29.9 Å². The molecule has 0 aliphatic heterocycles. The van der Waals surface area contributed by atoms with Crippen LogP contribution < -0.4 is 5.32 Å². The molecule has 0 bridgehead atoms. The minimum atomic E-state index is 0.611. The first-order valence-corrected chi connectivity index (χ1v) is 7.61. The molecule has 1 fully saturated rings. The first-order chi connectivity index (χ1) is 9.74. The first-order valence-electron chi connectivity index (χ1n) is 7.61. The van der Waals surface area contributed by atoms with E-state index in [-0.39, 0.29) is 0 Å². The number of nitrogens with one attached hydrogen (secondary N) is 1. The number of nitrogens with zero attached hydrogens (tertiary/aromatic N) is 2. The van der Waals surface area contributed by atoms with Crippen molar-refractivity contribution in [2.24, 2.45) is 0 Å². The zero-order chi connectivity index (χ0) is 13.9. The Balaban J connectivity index is 1.82. The summed E-state index contributed by atoms with van der Waals surface area (Å²) < 4.78 is 2.32. The van der Waals surface area contributed by atoms with Gasteiger partial charge in [-0.1, -0.05) is 37.0 Å². The number of benzene rings is 1. The van der Waals surface area contributed by atoms with Crippen LogP contribution in [0.25, 0.3) is 0 Å². The van der Waals surface area contributed by atoms with Gasteiger partial charge in [0.15, 0.2) is 0 Å².